The number of carbonyl (C=O) groups excluding carboxylic acids is 3. The van der Waals surface area contributed by atoms with Gasteiger partial charge in [0.25, 0.3) is 5.91 Å². The summed E-state index contributed by atoms with van der Waals surface area (Å²) in [7, 11) is 1.55. The van der Waals surface area contributed by atoms with Crippen LogP contribution < -0.4 is 10.1 Å². The second kappa shape index (κ2) is 9.52. The van der Waals surface area contributed by atoms with Gasteiger partial charge in [-0.3, -0.25) is 14.4 Å². The number of carbonyl (C=O) groups is 3. The summed E-state index contributed by atoms with van der Waals surface area (Å²) in [6.45, 7) is 3.51. The highest BCUT2D eigenvalue weighted by molar-refractivity contribution is 5.96. The highest BCUT2D eigenvalue weighted by Crippen LogP contribution is 2.13. The minimum atomic E-state index is -0.317. The van der Waals surface area contributed by atoms with Crippen LogP contribution in [0.25, 0.3) is 0 Å². The molecular formula is C21H24N2O4. The van der Waals surface area contributed by atoms with Gasteiger partial charge in [-0.2, -0.15) is 0 Å². The largest absolute Gasteiger partial charge is 0.484 e. The summed E-state index contributed by atoms with van der Waals surface area (Å²) in [5.74, 6) is -0.0506. The summed E-state index contributed by atoms with van der Waals surface area (Å²) in [6.07, 6.45) is 0.439. The first-order chi connectivity index (χ1) is 12.9. The molecule has 0 heterocycles. The lowest BCUT2D eigenvalue weighted by Crippen LogP contribution is -2.37. The van der Waals surface area contributed by atoms with Crippen LogP contribution in [0, 0.1) is 6.92 Å². The number of nitrogens with zero attached hydrogens (tertiary/aromatic N) is 1. The number of hydrogen-bond acceptors (Lipinski definition) is 4. The first-order valence-electron chi connectivity index (χ1n) is 8.75. The smallest absolute Gasteiger partial charge is 0.260 e. The lowest BCUT2D eigenvalue weighted by Gasteiger charge is -2.17. The van der Waals surface area contributed by atoms with Crippen LogP contribution in [0.3, 0.4) is 0 Å². The number of nitrogens with one attached hydrogen (secondary N) is 1. The topological polar surface area (TPSA) is 75.7 Å². The Kier molecular flexibility index (Phi) is 7.11. The quantitative estimate of drug-likeness (QED) is 0.727. The van der Waals surface area contributed by atoms with E-state index in [1.165, 1.54) is 4.90 Å². The number of benzene rings is 2. The van der Waals surface area contributed by atoms with E-state index in [9.17, 15) is 14.4 Å². The molecule has 0 fully saturated rings. The SMILES string of the molecule is CCC(=O)c1ccc(OCC(=O)N(C)CC(=O)Nc2ccc(C)cc2)cc1. The van der Waals surface area contributed by atoms with Gasteiger partial charge in [-0.05, 0) is 43.3 Å². The molecule has 0 atom stereocenters. The van der Waals surface area contributed by atoms with E-state index in [4.69, 9.17) is 4.74 Å². The summed E-state index contributed by atoms with van der Waals surface area (Å²) < 4.78 is 5.44. The third-order valence-electron chi connectivity index (χ3n) is 4.00. The lowest BCUT2D eigenvalue weighted by atomic mass is 10.1. The molecule has 2 aromatic carbocycles. The Bertz CT molecular complexity index is 798. The molecule has 1 N–H and O–H groups in total. The lowest BCUT2D eigenvalue weighted by molar-refractivity contribution is -0.135. The van der Waals surface area contributed by atoms with Crippen molar-refractivity contribution >= 4 is 23.3 Å². The molecule has 0 aromatic heterocycles. The van der Waals surface area contributed by atoms with E-state index in [0.717, 1.165) is 5.56 Å². The van der Waals surface area contributed by atoms with Crippen molar-refractivity contribution in [3.8, 4) is 5.75 Å². The van der Waals surface area contributed by atoms with Crippen molar-refractivity contribution in [3.63, 3.8) is 0 Å². The Morgan fingerprint density at radius 1 is 1.00 bits per heavy atom. The molecule has 0 spiro atoms. The molecule has 0 saturated heterocycles. The molecule has 6 nitrogen and oxygen atoms in total. The Balaban J connectivity index is 1.80. The standard InChI is InChI=1S/C21H24N2O4/c1-4-19(24)16-7-11-18(12-8-16)27-14-21(26)23(3)13-20(25)22-17-9-5-15(2)6-10-17/h5-12H,4,13-14H2,1-3H3,(H,22,25). The second-order valence-electron chi connectivity index (χ2n) is 6.25. The van der Waals surface area contributed by atoms with Crippen LogP contribution in [-0.2, 0) is 9.59 Å². The zero-order chi connectivity index (χ0) is 19.8. The van der Waals surface area contributed by atoms with Gasteiger partial charge < -0.3 is 15.0 Å². The van der Waals surface area contributed by atoms with Crippen molar-refractivity contribution in [1.29, 1.82) is 0 Å². The molecule has 0 radical (unpaired) electrons. The van der Waals surface area contributed by atoms with E-state index in [0.29, 0.717) is 23.4 Å². The number of amides is 2. The molecule has 2 rings (SSSR count). The third kappa shape index (κ3) is 6.26. The maximum absolute atomic E-state index is 12.1. The normalized spacial score (nSPS) is 10.2. The molecule has 2 amide bonds. The summed E-state index contributed by atoms with van der Waals surface area (Å²) in [5.41, 5.74) is 2.40. The van der Waals surface area contributed by atoms with Crippen LogP contribution in [0.4, 0.5) is 5.69 Å². The number of hydrogen-bond donors (Lipinski definition) is 1. The van der Waals surface area contributed by atoms with Crippen LogP contribution in [0.1, 0.15) is 29.3 Å². The summed E-state index contributed by atoms with van der Waals surface area (Å²) in [4.78, 5) is 37.1. The van der Waals surface area contributed by atoms with Crippen molar-refractivity contribution < 1.29 is 19.1 Å². The minimum Gasteiger partial charge on any atom is -0.484 e. The summed E-state index contributed by atoms with van der Waals surface area (Å²) in [5, 5.41) is 2.75. The van der Waals surface area contributed by atoms with E-state index >= 15 is 0 Å². The number of Topliss-reactive ketones (excluding diaryl/α,β-unsaturated/α-hetero) is 1. The van der Waals surface area contributed by atoms with E-state index in [1.54, 1.807) is 38.2 Å². The Labute approximate surface area is 159 Å². The minimum absolute atomic E-state index is 0.0527. The van der Waals surface area contributed by atoms with Crippen molar-refractivity contribution in [1.82, 2.24) is 4.90 Å². The number of rotatable bonds is 8. The van der Waals surface area contributed by atoms with Crippen LogP contribution >= 0.6 is 0 Å². The summed E-state index contributed by atoms with van der Waals surface area (Å²) in [6, 6.07) is 14.1. The average Bonchev–Trinajstić information content (AvgIpc) is 2.67. The third-order valence-corrected chi connectivity index (χ3v) is 4.00. The predicted octanol–water partition coefficient (Wildman–Crippen LogP) is 3.06. The fourth-order valence-electron chi connectivity index (χ4n) is 2.34. The maximum Gasteiger partial charge on any atom is 0.260 e. The van der Waals surface area contributed by atoms with Crippen molar-refractivity contribution in [2.24, 2.45) is 0 Å². The van der Waals surface area contributed by atoms with Crippen LogP contribution in [-0.4, -0.2) is 42.7 Å². The first kappa shape index (κ1) is 20.2. The Morgan fingerprint density at radius 3 is 2.22 bits per heavy atom. The van der Waals surface area contributed by atoms with Crippen molar-refractivity contribution in [3.05, 3.63) is 59.7 Å². The van der Waals surface area contributed by atoms with Crippen molar-refractivity contribution in [2.75, 3.05) is 25.5 Å². The monoisotopic (exact) mass is 368 g/mol. The van der Waals surface area contributed by atoms with E-state index in [-0.39, 0.29) is 30.7 Å². The highest BCUT2D eigenvalue weighted by Gasteiger charge is 2.14. The summed E-state index contributed by atoms with van der Waals surface area (Å²) >= 11 is 0. The maximum atomic E-state index is 12.1. The highest BCUT2D eigenvalue weighted by atomic mass is 16.5. The number of likely N-dealkylation sites (N-methyl/N-ethyl adjacent to an activating group) is 1. The first-order valence-corrected chi connectivity index (χ1v) is 8.75. The average molecular weight is 368 g/mol. The fourth-order valence-corrected chi connectivity index (χ4v) is 2.34. The molecule has 0 aliphatic rings. The fraction of sp³-hybridized carbons (Fsp3) is 0.286. The van der Waals surface area contributed by atoms with E-state index in [1.807, 2.05) is 31.2 Å². The van der Waals surface area contributed by atoms with Gasteiger partial charge in [0.1, 0.15) is 5.75 Å². The van der Waals surface area contributed by atoms with Gasteiger partial charge in [0.2, 0.25) is 5.91 Å². The molecule has 0 saturated carbocycles. The zero-order valence-electron chi connectivity index (χ0n) is 15.8. The second-order valence-corrected chi connectivity index (χ2v) is 6.25. The molecule has 0 aliphatic carbocycles. The predicted molar refractivity (Wildman–Crippen MR) is 104 cm³/mol. The van der Waals surface area contributed by atoms with E-state index in [2.05, 4.69) is 5.32 Å². The molecule has 142 valence electrons. The van der Waals surface area contributed by atoms with Crippen LogP contribution in [0.15, 0.2) is 48.5 Å². The van der Waals surface area contributed by atoms with Gasteiger partial charge in [-0.1, -0.05) is 24.6 Å². The van der Waals surface area contributed by atoms with Crippen LogP contribution in [0.2, 0.25) is 0 Å². The molecule has 27 heavy (non-hydrogen) atoms. The molecule has 6 heteroatoms. The number of ketones is 1. The van der Waals surface area contributed by atoms with Gasteiger partial charge in [-0.25, -0.2) is 0 Å². The number of ether oxygens (including phenoxy) is 1. The van der Waals surface area contributed by atoms with Gasteiger partial charge in [0, 0.05) is 24.7 Å². The van der Waals surface area contributed by atoms with Gasteiger partial charge in [0.15, 0.2) is 12.4 Å². The Hall–Kier alpha value is -3.15. The van der Waals surface area contributed by atoms with Crippen molar-refractivity contribution in [2.45, 2.75) is 20.3 Å². The van der Waals surface area contributed by atoms with Gasteiger partial charge in [-0.15, -0.1) is 0 Å². The zero-order valence-corrected chi connectivity index (χ0v) is 15.8. The number of aryl methyl sites for hydroxylation is 1. The molecular weight excluding hydrogens is 344 g/mol. The molecule has 2 aromatic rings. The molecule has 0 bridgehead atoms. The van der Waals surface area contributed by atoms with Gasteiger partial charge >= 0.3 is 0 Å². The molecule has 0 unspecified atom stereocenters. The molecule has 0 aliphatic heterocycles. The van der Waals surface area contributed by atoms with E-state index < -0.39 is 0 Å². The van der Waals surface area contributed by atoms with Crippen LogP contribution in [0.5, 0.6) is 5.75 Å². The number of anilines is 1. The Morgan fingerprint density at radius 2 is 1.63 bits per heavy atom. The van der Waals surface area contributed by atoms with Gasteiger partial charge in [0.05, 0.1) is 6.54 Å².